The molecule has 9 heteroatoms. The number of esters is 2. The van der Waals surface area contributed by atoms with E-state index >= 15 is 0 Å². The first-order valence-corrected chi connectivity index (χ1v) is 11.9. The van der Waals surface area contributed by atoms with Gasteiger partial charge in [0, 0.05) is 12.1 Å². The summed E-state index contributed by atoms with van der Waals surface area (Å²) in [7, 11) is -2.61. The molecule has 1 aliphatic carbocycles. The molecule has 1 fully saturated rings. The van der Waals surface area contributed by atoms with Gasteiger partial charge in [0.05, 0.1) is 4.90 Å². The number of likely N-dealkylation sites (N-methyl/N-ethyl adjacent to an activating group) is 1. The molecule has 1 aromatic rings. The molecule has 3 atom stereocenters. The minimum absolute atomic E-state index is 0.00718. The van der Waals surface area contributed by atoms with E-state index in [1.54, 1.807) is 0 Å². The maximum absolute atomic E-state index is 12.5. The van der Waals surface area contributed by atoms with Crippen LogP contribution in [0.4, 0.5) is 0 Å². The van der Waals surface area contributed by atoms with Gasteiger partial charge in [-0.3, -0.25) is 4.79 Å². The lowest BCUT2D eigenvalue weighted by Gasteiger charge is -2.36. The minimum Gasteiger partial charge on any atom is -0.460 e. The third-order valence-electron chi connectivity index (χ3n) is 5.47. The van der Waals surface area contributed by atoms with Crippen molar-refractivity contribution in [2.75, 3.05) is 20.2 Å². The average Bonchev–Trinajstić information content (AvgIpc) is 2.66. The zero-order valence-corrected chi connectivity index (χ0v) is 19.4. The third kappa shape index (κ3) is 6.68. The first-order valence-electron chi connectivity index (χ1n) is 10.1. The molecule has 3 unspecified atom stereocenters. The number of halogens is 1. The van der Waals surface area contributed by atoms with Crippen LogP contribution in [-0.2, 0) is 29.1 Å². The van der Waals surface area contributed by atoms with E-state index in [0.717, 1.165) is 23.6 Å². The Bertz CT molecular complexity index is 840. The smallest absolute Gasteiger partial charge is 0.344 e. The molecule has 0 bridgehead atoms. The molecule has 0 heterocycles. The maximum Gasteiger partial charge on any atom is 0.344 e. The molecule has 0 amide bonds. The number of benzene rings is 1. The largest absolute Gasteiger partial charge is 0.460 e. The number of hydrogen-bond donors (Lipinski definition) is 0. The van der Waals surface area contributed by atoms with Gasteiger partial charge in [0.15, 0.2) is 6.61 Å². The molecule has 0 aromatic heterocycles. The van der Waals surface area contributed by atoms with Gasteiger partial charge in [0.1, 0.15) is 12.6 Å². The number of carbonyl (C=O) groups is 2. The van der Waals surface area contributed by atoms with Crippen molar-refractivity contribution in [1.29, 1.82) is 0 Å². The first kappa shape index (κ1) is 24.6. The monoisotopic (exact) mass is 459 g/mol. The number of ether oxygens (including phenoxy) is 2. The molecular weight excluding hydrogens is 430 g/mol. The van der Waals surface area contributed by atoms with Crippen LogP contribution in [0, 0.1) is 17.8 Å². The van der Waals surface area contributed by atoms with Crippen LogP contribution in [0.2, 0.25) is 5.02 Å². The van der Waals surface area contributed by atoms with Gasteiger partial charge in [-0.15, -0.1) is 0 Å². The summed E-state index contributed by atoms with van der Waals surface area (Å²) in [5, 5.41) is 0.404. The van der Waals surface area contributed by atoms with Gasteiger partial charge in [0.25, 0.3) is 0 Å². The molecule has 1 aromatic carbocycles. The summed E-state index contributed by atoms with van der Waals surface area (Å²) in [5.41, 5.74) is 0. The van der Waals surface area contributed by atoms with E-state index in [9.17, 15) is 18.0 Å². The highest BCUT2D eigenvalue weighted by molar-refractivity contribution is 7.89. The topological polar surface area (TPSA) is 90.0 Å². The molecule has 0 radical (unpaired) electrons. The van der Waals surface area contributed by atoms with Gasteiger partial charge in [-0.05, 0) is 54.9 Å². The van der Waals surface area contributed by atoms with Gasteiger partial charge >= 0.3 is 11.9 Å². The predicted octanol–water partition coefficient (Wildman–Crippen LogP) is 3.51. The van der Waals surface area contributed by atoms with Crippen LogP contribution < -0.4 is 0 Å². The number of sulfonamides is 1. The van der Waals surface area contributed by atoms with Gasteiger partial charge in [-0.1, -0.05) is 38.8 Å². The van der Waals surface area contributed by atoms with E-state index in [-0.39, 0.29) is 16.9 Å². The van der Waals surface area contributed by atoms with E-state index in [1.165, 1.54) is 31.3 Å². The molecular formula is C21H30ClNO6S. The Morgan fingerprint density at radius 1 is 1.17 bits per heavy atom. The summed E-state index contributed by atoms with van der Waals surface area (Å²) in [6.07, 6.45) is 2.72. The number of nitrogens with zero attached hydrogens (tertiary/aromatic N) is 1. The van der Waals surface area contributed by atoms with Crippen molar-refractivity contribution in [3.05, 3.63) is 29.3 Å². The van der Waals surface area contributed by atoms with Crippen molar-refractivity contribution in [2.24, 2.45) is 17.8 Å². The second-order valence-electron chi connectivity index (χ2n) is 8.23. The van der Waals surface area contributed by atoms with E-state index in [2.05, 4.69) is 20.8 Å². The zero-order chi connectivity index (χ0) is 22.5. The Morgan fingerprint density at radius 2 is 1.80 bits per heavy atom. The molecule has 168 valence electrons. The Kier molecular flexibility index (Phi) is 8.70. The van der Waals surface area contributed by atoms with Gasteiger partial charge < -0.3 is 9.47 Å². The molecule has 0 spiro atoms. The number of carbonyl (C=O) groups excluding carboxylic acids is 2. The maximum atomic E-state index is 12.5. The summed E-state index contributed by atoms with van der Waals surface area (Å²) in [6, 6.07) is 5.61. The average molecular weight is 460 g/mol. The van der Waals surface area contributed by atoms with Crippen LogP contribution in [-0.4, -0.2) is 51.0 Å². The second kappa shape index (κ2) is 10.6. The Hall–Kier alpha value is -1.64. The number of rotatable bonds is 8. The lowest BCUT2D eigenvalue weighted by molar-refractivity contribution is -0.167. The van der Waals surface area contributed by atoms with Crippen LogP contribution in [0.3, 0.4) is 0 Å². The molecule has 2 rings (SSSR count). The van der Waals surface area contributed by atoms with Crippen molar-refractivity contribution in [1.82, 2.24) is 4.31 Å². The second-order valence-corrected chi connectivity index (χ2v) is 10.7. The lowest BCUT2D eigenvalue weighted by atomic mass is 9.75. The van der Waals surface area contributed by atoms with Crippen LogP contribution in [0.1, 0.15) is 40.0 Å². The Balaban J connectivity index is 1.86. The minimum atomic E-state index is -3.88. The molecule has 30 heavy (non-hydrogen) atoms. The molecule has 0 aliphatic heterocycles. The fourth-order valence-electron chi connectivity index (χ4n) is 3.69. The van der Waals surface area contributed by atoms with E-state index in [0.29, 0.717) is 16.9 Å². The number of hydrogen-bond acceptors (Lipinski definition) is 6. The van der Waals surface area contributed by atoms with E-state index in [1.807, 2.05) is 0 Å². The van der Waals surface area contributed by atoms with Crippen LogP contribution in [0.15, 0.2) is 29.2 Å². The highest BCUT2D eigenvalue weighted by atomic mass is 35.5. The summed E-state index contributed by atoms with van der Waals surface area (Å²) in [4.78, 5) is 24.2. The summed E-state index contributed by atoms with van der Waals surface area (Å²) in [6.45, 7) is 5.29. The van der Waals surface area contributed by atoms with Gasteiger partial charge in [-0.25, -0.2) is 13.2 Å². The molecule has 1 aliphatic rings. The van der Waals surface area contributed by atoms with Crippen LogP contribution >= 0.6 is 11.6 Å². The predicted molar refractivity (Wildman–Crippen MR) is 113 cm³/mol. The van der Waals surface area contributed by atoms with Crippen molar-refractivity contribution >= 4 is 33.6 Å². The van der Waals surface area contributed by atoms with Crippen molar-refractivity contribution in [3.8, 4) is 0 Å². The van der Waals surface area contributed by atoms with Crippen LogP contribution in [0.25, 0.3) is 0 Å². The Morgan fingerprint density at radius 3 is 2.40 bits per heavy atom. The lowest BCUT2D eigenvalue weighted by Crippen LogP contribution is -2.37. The fraction of sp³-hybridized carbons (Fsp3) is 0.619. The fourth-order valence-corrected chi connectivity index (χ4v) is 4.93. The van der Waals surface area contributed by atoms with Crippen molar-refractivity contribution in [2.45, 2.75) is 51.0 Å². The third-order valence-corrected chi connectivity index (χ3v) is 7.54. The summed E-state index contributed by atoms with van der Waals surface area (Å²) >= 11 is 5.77. The summed E-state index contributed by atoms with van der Waals surface area (Å²) in [5.74, 6) is -0.283. The quantitative estimate of drug-likeness (QED) is 0.552. The van der Waals surface area contributed by atoms with Crippen LogP contribution in [0.5, 0.6) is 0 Å². The standard InChI is InChI=1S/C21H30ClNO6S/c1-14(2)18-10-5-15(3)11-19(18)29-21(25)13-28-20(24)12-23(4)30(26,27)17-8-6-16(22)7-9-17/h6-9,14-15,18-19H,5,10-13H2,1-4H3. The van der Waals surface area contributed by atoms with Gasteiger partial charge in [0.2, 0.25) is 10.0 Å². The van der Waals surface area contributed by atoms with Gasteiger partial charge in [-0.2, -0.15) is 4.31 Å². The molecule has 1 saturated carbocycles. The molecule has 0 N–H and O–H groups in total. The SMILES string of the molecule is CC1CCC(C(C)C)C(OC(=O)COC(=O)CN(C)S(=O)(=O)c2ccc(Cl)cc2)C1. The normalized spacial score (nSPS) is 22.2. The first-order chi connectivity index (χ1) is 14.0. The Labute approximate surface area is 183 Å². The zero-order valence-electron chi connectivity index (χ0n) is 17.8. The van der Waals surface area contributed by atoms with Crippen molar-refractivity contribution in [3.63, 3.8) is 0 Å². The van der Waals surface area contributed by atoms with E-state index < -0.39 is 35.1 Å². The molecule has 0 saturated heterocycles. The van der Waals surface area contributed by atoms with E-state index in [4.69, 9.17) is 21.1 Å². The highest BCUT2D eigenvalue weighted by Gasteiger charge is 2.33. The highest BCUT2D eigenvalue weighted by Crippen LogP contribution is 2.35. The molecule has 7 nitrogen and oxygen atoms in total. The van der Waals surface area contributed by atoms with Crippen molar-refractivity contribution < 1.29 is 27.5 Å². The summed E-state index contributed by atoms with van der Waals surface area (Å²) < 4.78 is 36.4.